The molecule has 92 valence electrons. The van der Waals surface area contributed by atoms with Crippen molar-refractivity contribution in [3.8, 4) is 0 Å². The summed E-state index contributed by atoms with van der Waals surface area (Å²) in [6, 6.07) is 2.04. The van der Waals surface area contributed by atoms with Gasteiger partial charge in [-0.1, -0.05) is 34.3 Å². The molecule has 1 rings (SSSR count). The fourth-order valence-corrected chi connectivity index (χ4v) is 0.856. The van der Waals surface area contributed by atoms with E-state index in [0.29, 0.717) is 5.57 Å². The standard InChI is InChI=1S/C9H7F3.2C2H6/c1-5(2)6-3-4-7(10)9(12)8(6)11;2*1-2/h3-4H,1H2,2H3;2*1-2H3. The maximum atomic E-state index is 12.8. The number of halogens is 3. The molecule has 0 saturated carbocycles. The third-order valence-corrected chi connectivity index (χ3v) is 1.49. The van der Waals surface area contributed by atoms with Crippen LogP contribution in [0.4, 0.5) is 13.2 Å². The highest BCUT2D eigenvalue weighted by atomic mass is 19.2. The first-order chi connectivity index (χ1) is 7.54. The molecule has 0 heterocycles. The van der Waals surface area contributed by atoms with Crippen LogP contribution in [0.1, 0.15) is 40.2 Å². The summed E-state index contributed by atoms with van der Waals surface area (Å²) in [5.74, 6) is -3.81. The minimum atomic E-state index is -1.45. The van der Waals surface area contributed by atoms with E-state index in [1.807, 2.05) is 27.7 Å². The van der Waals surface area contributed by atoms with Gasteiger partial charge >= 0.3 is 0 Å². The van der Waals surface area contributed by atoms with E-state index in [0.717, 1.165) is 12.1 Å². The first kappa shape index (κ1) is 17.2. The van der Waals surface area contributed by atoms with E-state index in [4.69, 9.17) is 0 Å². The largest absolute Gasteiger partial charge is 0.204 e. The van der Waals surface area contributed by atoms with Crippen molar-refractivity contribution in [2.24, 2.45) is 0 Å². The Morgan fingerprint density at radius 3 is 1.75 bits per heavy atom. The third-order valence-electron chi connectivity index (χ3n) is 1.49. The van der Waals surface area contributed by atoms with E-state index in [-0.39, 0.29) is 5.56 Å². The molecule has 0 aliphatic carbocycles. The van der Waals surface area contributed by atoms with Gasteiger partial charge in [-0.15, -0.1) is 0 Å². The second kappa shape index (κ2) is 9.01. The van der Waals surface area contributed by atoms with Crippen LogP contribution in [-0.4, -0.2) is 0 Å². The Labute approximate surface area is 95.8 Å². The summed E-state index contributed by atoms with van der Waals surface area (Å²) in [6.07, 6.45) is 0. The van der Waals surface area contributed by atoms with E-state index in [1.165, 1.54) is 6.92 Å². The zero-order valence-electron chi connectivity index (χ0n) is 10.5. The Kier molecular flexibility index (Phi) is 9.66. The highest BCUT2D eigenvalue weighted by Crippen LogP contribution is 2.20. The second-order valence-corrected chi connectivity index (χ2v) is 2.50. The van der Waals surface area contributed by atoms with Crippen molar-refractivity contribution in [3.05, 3.63) is 41.7 Å². The lowest BCUT2D eigenvalue weighted by Crippen LogP contribution is -1.94. The molecule has 0 atom stereocenters. The maximum absolute atomic E-state index is 12.8. The Balaban J connectivity index is 0. The Morgan fingerprint density at radius 1 is 0.938 bits per heavy atom. The van der Waals surface area contributed by atoms with Gasteiger partial charge in [-0.05, 0) is 24.6 Å². The van der Waals surface area contributed by atoms with E-state index < -0.39 is 17.5 Å². The lowest BCUT2D eigenvalue weighted by Gasteiger charge is -2.02. The maximum Gasteiger partial charge on any atom is 0.195 e. The quantitative estimate of drug-likeness (QED) is 0.584. The highest BCUT2D eigenvalue weighted by molar-refractivity contribution is 5.61. The van der Waals surface area contributed by atoms with Crippen LogP contribution in [0.3, 0.4) is 0 Å². The second-order valence-electron chi connectivity index (χ2n) is 2.50. The fourth-order valence-electron chi connectivity index (χ4n) is 0.856. The van der Waals surface area contributed by atoms with Crippen LogP contribution >= 0.6 is 0 Å². The molecule has 0 aliphatic rings. The number of allylic oxidation sites excluding steroid dienone is 1. The van der Waals surface area contributed by atoms with Crippen molar-refractivity contribution >= 4 is 5.57 Å². The van der Waals surface area contributed by atoms with Gasteiger partial charge in [0.05, 0.1) is 0 Å². The van der Waals surface area contributed by atoms with Crippen molar-refractivity contribution in [3.63, 3.8) is 0 Å². The summed E-state index contributed by atoms with van der Waals surface area (Å²) in [6.45, 7) is 13.0. The Hall–Kier alpha value is -1.25. The van der Waals surface area contributed by atoms with Gasteiger partial charge < -0.3 is 0 Å². The predicted molar refractivity (Wildman–Crippen MR) is 63.7 cm³/mol. The topological polar surface area (TPSA) is 0 Å². The van der Waals surface area contributed by atoms with Gasteiger partial charge in [0.2, 0.25) is 0 Å². The molecule has 0 saturated heterocycles. The Bertz CT molecular complexity index is 330. The third kappa shape index (κ3) is 4.51. The van der Waals surface area contributed by atoms with Crippen molar-refractivity contribution < 1.29 is 13.2 Å². The molecule has 0 aliphatic heterocycles. The average Bonchev–Trinajstić information content (AvgIpc) is 2.31. The smallest absolute Gasteiger partial charge is 0.195 e. The minimum Gasteiger partial charge on any atom is -0.204 e. The first-order valence-corrected chi connectivity index (χ1v) is 5.33. The summed E-state index contributed by atoms with van der Waals surface area (Å²) in [4.78, 5) is 0. The molecule has 0 nitrogen and oxygen atoms in total. The summed E-state index contributed by atoms with van der Waals surface area (Å²) in [5, 5.41) is 0. The molecule has 0 amide bonds. The van der Waals surface area contributed by atoms with E-state index >= 15 is 0 Å². The van der Waals surface area contributed by atoms with Crippen molar-refractivity contribution in [1.29, 1.82) is 0 Å². The summed E-state index contributed by atoms with van der Waals surface area (Å²) < 4.78 is 37.8. The van der Waals surface area contributed by atoms with Crippen LogP contribution in [0.2, 0.25) is 0 Å². The predicted octanol–water partition coefficient (Wildman–Crippen LogP) is 5.19. The van der Waals surface area contributed by atoms with Crippen LogP contribution in [0.5, 0.6) is 0 Å². The molecule has 0 N–H and O–H groups in total. The van der Waals surface area contributed by atoms with Crippen LogP contribution < -0.4 is 0 Å². The fraction of sp³-hybridized carbons (Fsp3) is 0.385. The SMILES string of the molecule is C=C(C)c1ccc(F)c(F)c1F.CC.CC. The Morgan fingerprint density at radius 2 is 1.38 bits per heavy atom. The van der Waals surface area contributed by atoms with Gasteiger partial charge in [-0.2, -0.15) is 0 Å². The van der Waals surface area contributed by atoms with Crippen LogP contribution in [0, 0.1) is 17.5 Å². The molecule has 0 bridgehead atoms. The molecule has 0 aromatic heterocycles. The van der Waals surface area contributed by atoms with Crippen LogP contribution in [-0.2, 0) is 0 Å². The minimum absolute atomic E-state index is 0.00824. The van der Waals surface area contributed by atoms with Crippen LogP contribution in [0.25, 0.3) is 5.57 Å². The van der Waals surface area contributed by atoms with E-state index in [2.05, 4.69) is 6.58 Å². The molecular weight excluding hydrogens is 213 g/mol. The lowest BCUT2D eigenvalue weighted by atomic mass is 10.1. The van der Waals surface area contributed by atoms with Gasteiger partial charge in [-0.25, -0.2) is 13.2 Å². The summed E-state index contributed by atoms with van der Waals surface area (Å²) in [5.41, 5.74) is 0.375. The van der Waals surface area contributed by atoms with Crippen LogP contribution in [0.15, 0.2) is 18.7 Å². The lowest BCUT2D eigenvalue weighted by molar-refractivity contribution is 0.445. The molecule has 0 radical (unpaired) electrons. The number of rotatable bonds is 1. The molecule has 16 heavy (non-hydrogen) atoms. The molecule has 3 heteroatoms. The van der Waals surface area contributed by atoms with Crippen molar-refractivity contribution in [2.45, 2.75) is 34.6 Å². The van der Waals surface area contributed by atoms with E-state index in [1.54, 1.807) is 0 Å². The molecule has 0 unspecified atom stereocenters. The van der Waals surface area contributed by atoms with Gasteiger partial charge in [0, 0.05) is 5.56 Å². The molecule has 1 aromatic carbocycles. The highest BCUT2D eigenvalue weighted by Gasteiger charge is 2.12. The van der Waals surface area contributed by atoms with Gasteiger partial charge in [0.1, 0.15) is 0 Å². The molecule has 0 spiro atoms. The zero-order valence-corrected chi connectivity index (χ0v) is 10.5. The summed E-state index contributed by atoms with van der Waals surface area (Å²) >= 11 is 0. The number of hydrogen-bond acceptors (Lipinski definition) is 0. The van der Waals surface area contributed by atoms with E-state index in [9.17, 15) is 13.2 Å². The normalized spacial score (nSPS) is 8.25. The molecule has 1 aromatic rings. The average molecular weight is 232 g/mol. The number of hydrogen-bond donors (Lipinski definition) is 0. The van der Waals surface area contributed by atoms with Crippen molar-refractivity contribution in [1.82, 2.24) is 0 Å². The summed E-state index contributed by atoms with van der Waals surface area (Å²) in [7, 11) is 0. The molecule has 0 fully saturated rings. The number of benzene rings is 1. The zero-order chi connectivity index (χ0) is 13.3. The first-order valence-electron chi connectivity index (χ1n) is 5.33. The van der Waals surface area contributed by atoms with Gasteiger partial charge in [0.25, 0.3) is 0 Å². The monoisotopic (exact) mass is 232 g/mol. The van der Waals surface area contributed by atoms with Crippen molar-refractivity contribution in [2.75, 3.05) is 0 Å². The molecular formula is C13H19F3. The van der Waals surface area contributed by atoms with Gasteiger partial charge in [-0.3, -0.25) is 0 Å². The van der Waals surface area contributed by atoms with Gasteiger partial charge in [0.15, 0.2) is 17.5 Å².